The van der Waals surface area contributed by atoms with Gasteiger partial charge in [-0.15, -0.1) is 0 Å². The second-order valence-electron chi connectivity index (χ2n) is 3.94. The van der Waals surface area contributed by atoms with E-state index in [0.29, 0.717) is 13.1 Å². The molecule has 0 aromatic carbocycles. The molecular formula is C11H23N3O2. The van der Waals surface area contributed by atoms with Gasteiger partial charge in [0.15, 0.2) is 0 Å². The molecule has 94 valence electrons. The number of hydrogen-bond donors (Lipinski definition) is 1. The summed E-state index contributed by atoms with van der Waals surface area (Å²) in [6.45, 7) is 5.39. The van der Waals surface area contributed by atoms with Gasteiger partial charge >= 0.3 is 6.03 Å². The van der Waals surface area contributed by atoms with Crippen LogP contribution < -0.4 is 5.32 Å². The van der Waals surface area contributed by atoms with Gasteiger partial charge in [-0.1, -0.05) is 13.8 Å². The Morgan fingerprint density at radius 2 is 1.75 bits per heavy atom. The molecule has 0 rings (SSSR count). The lowest BCUT2D eigenvalue weighted by Gasteiger charge is -2.23. The minimum absolute atomic E-state index is 0.0555. The third-order valence-electron chi connectivity index (χ3n) is 2.13. The van der Waals surface area contributed by atoms with Crippen LogP contribution in [0.4, 0.5) is 4.79 Å². The second kappa shape index (κ2) is 7.96. The average molecular weight is 229 g/mol. The van der Waals surface area contributed by atoms with Crippen LogP contribution in [0.2, 0.25) is 0 Å². The average Bonchev–Trinajstić information content (AvgIpc) is 2.24. The van der Waals surface area contributed by atoms with Gasteiger partial charge in [-0.05, 0) is 12.8 Å². The lowest BCUT2D eigenvalue weighted by molar-refractivity contribution is -0.129. The Bertz CT molecular complexity index is 229. The lowest BCUT2D eigenvalue weighted by Crippen LogP contribution is -2.45. The molecule has 5 nitrogen and oxygen atoms in total. The topological polar surface area (TPSA) is 52.7 Å². The highest BCUT2D eigenvalue weighted by molar-refractivity contribution is 5.83. The van der Waals surface area contributed by atoms with E-state index >= 15 is 0 Å². The number of nitrogens with one attached hydrogen (secondary N) is 1. The number of likely N-dealkylation sites (N-methyl/N-ethyl adjacent to an activating group) is 1. The van der Waals surface area contributed by atoms with Crippen molar-refractivity contribution >= 4 is 11.9 Å². The maximum atomic E-state index is 11.7. The Morgan fingerprint density at radius 1 is 1.12 bits per heavy atom. The summed E-state index contributed by atoms with van der Waals surface area (Å²) in [7, 11) is 3.38. The fraction of sp³-hybridized carbons (Fsp3) is 0.818. The minimum atomic E-state index is -0.154. The number of carbonyl (C=O) groups excluding carboxylic acids is 2. The van der Waals surface area contributed by atoms with Crippen LogP contribution in [-0.2, 0) is 4.79 Å². The number of carbonyl (C=O) groups is 2. The first kappa shape index (κ1) is 14.7. The van der Waals surface area contributed by atoms with Crippen LogP contribution >= 0.6 is 0 Å². The Labute approximate surface area is 97.8 Å². The molecule has 0 spiro atoms. The minimum Gasteiger partial charge on any atom is -0.347 e. The third kappa shape index (κ3) is 5.58. The molecule has 0 aliphatic carbocycles. The van der Waals surface area contributed by atoms with Crippen molar-refractivity contribution in [2.75, 3.05) is 33.7 Å². The number of nitrogens with zero attached hydrogens (tertiary/aromatic N) is 2. The molecule has 0 atom stereocenters. The van der Waals surface area contributed by atoms with Crippen LogP contribution in [0.1, 0.15) is 26.7 Å². The predicted molar refractivity (Wildman–Crippen MR) is 64.2 cm³/mol. The zero-order chi connectivity index (χ0) is 12.6. The number of amides is 3. The molecule has 0 radical (unpaired) electrons. The normalized spacial score (nSPS) is 9.75. The molecule has 0 fully saturated rings. The first-order valence-corrected chi connectivity index (χ1v) is 5.75. The van der Waals surface area contributed by atoms with Gasteiger partial charge in [0.05, 0.1) is 0 Å². The predicted octanol–water partition coefficient (Wildman–Crippen LogP) is 0.906. The molecule has 3 amide bonds. The molecule has 5 heteroatoms. The summed E-state index contributed by atoms with van der Waals surface area (Å²) >= 11 is 0. The Balaban J connectivity index is 4.25. The van der Waals surface area contributed by atoms with Crippen LogP contribution in [-0.4, -0.2) is 55.5 Å². The largest absolute Gasteiger partial charge is 0.347 e. The first-order chi connectivity index (χ1) is 7.52. The first-order valence-electron chi connectivity index (χ1n) is 5.75. The molecule has 0 aliphatic heterocycles. The molecular weight excluding hydrogens is 206 g/mol. The fourth-order valence-corrected chi connectivity index (χ4v) is 1.17. The summed E-state index contributed by atoms with van der Waals surface area (Å²) in [5, 5.41) is 2.78. The summed E-state index contributed by atoms with van der Waals surface area (Å²) in [6, 6.07) is -0.154. The van der Waals surface area contributed by atoms with Crippen molar-refractivity contribution in [2.24, 2.45) is 0 Å². The Kier molecular flexibility index (Phi) is 7.33. The van der Waals surface area contributed by atoms with E-state index < -0.39 is 0 Å². The number of urea groups is 1. The van der Waals surface area contributed by atoms with Crippen LogP contribution in [0.5, 0.6) is 0 Å². The van der Waals surface area contributed by atoms with E-state index in [1.54, 1.807) is 19.0 Å². The Morgan fingerprint density at radius 3 is 2.19 bits per heavy atom. The second-order valence-corrected chi connectivity index (χ2v) is 3.94. The molecule has 0 aliphatic rings. The highest BCUT2D eigenvalue weighted by atomic mass is 16.2. The van der Waals surface area contributed by atoms with Crippen LogP contribution in [0.15, 0.2) is 0 Å². The summed E-state index contributed by atoms with van der Waals surface area (Å²) < 4.78 is 0. The van der Waals surface area contributed by atoms with Gasteiger partial charge in [0.25, 0.3) is 0 Å². The highest BCUT2D eigenvalue weighted by Gasteiger charge is 2.16. The van der Waals surface area contributed by atoms with Crippen LogP contribution in [0.3, 0.4) is 0 Å². The molecule has 0 aromatic heterocycles. The lowest BCUT2D eigenvalue weighted by atomic mass is 10.4. The van der Waals surface area contributed by atoms with E-state index in [4.69, 9.17) is 0 Å². The van der Waals surface area contributed by atoms with Crippen LogP contribution in [0.25, 0.3) is 0 Å². The zero-order valence-electron chi connectivity index (χ0n) is 10.7. The molecule has 0 saturated heterocycles. The van der Waals surface area contributed by atoms with Gasteiger partial charge in [0.1, 0.15) is 6.54 Å². The molecule has 1 N–H and O–H groups in total. The van der Waals surface area contributed by atoms with Gasteiger partial charge in [-0.25, -0.2) is 4.79 Å². The third-order valence-corrected chi connectivity index (χ3v) is 2.13. The molecule has 0 saturated carbocycles. The molecule has 16 heavy (non-hydrogen) atoms. The quantitative estimate of drug-likeness (QED) is 0.736. The van der Waals surface area contributed by atoms with Crippen molar-refractivity contribution in [2.45, 2.75) is 26.7 Å². The maximum Gasteiger partial charge on any atom is 0.317 e. The van der Waals surface area contributed by atoms with Crippen molar-refractivity contribution in [3.8, 4) is 0 Å². The van der Waals surface area contributed by atoms with Crippen molar-refractivity contribution in [3.05, 3.63) is 0 Å². The summed E-state index contributed by atoms with van der Waals surface area (Å²) in [5.41, 5.74) is 0. The maximum absolute atomic E-state index is 11.7. The van der Waals surface area contributed by atoms with Crippen molar-refractivity contribution in [3.63, 3.8) is 0 Å². The van der Waals surface area contributed by atoms with Gasteiger partial charge in [0, 0.05) is 27.2 Å². The fourth-order valence-electron chi connectivity index (χ4n) is 1.17. The van der Waals surface area contributed by atoms with Gasteiger partial charge in [-0.3, -0.25) is 4.79 Å². The van der Waals surface area contributed by atoms with E-state index in [0.717, 1.165) is 12.8 Å². The molecule has 0 heterocycles. The zero-order valence-corrected chi connectivity index (χ0v) is 10.7. The monoisotopic (exact) mass is 229 g/mol. The smallest absolute Gasteiger partial charge is 0.317 e. The Hall–Kier alpha value is -1.26. The van der Waals surface area contributed by atoms with Crippen molar-refractivity contribution in [1.29, 1.82) is 0 Å². The molecule has 0 bridgehead atoms. The van der Waals surface area contributed by atoms with E-state index in [1.165, 1.54) is 4.90 Å². The van der Waals surface area contributed by atoms with Gasteiger partial charge in [0.2, 0.25) is 5.91 Å². The van der Waals surface area contributed by atoms with Crippen molar-refractivity contribution < 1.29 is 9.59 Å². The standard InChI is InChI=1S/C11H23N3O2/c1-5-7-12-11(16)14(8-6-2)9-10(15)13(3)4/h5-9H2,1-4H3,(H,12,16). The van der Waals surface area contributed by atoms with Gasteiger partial charge in [-0.2, -0.15) is 0 Å². The SMILES string of the molecule is CCCNC(=O)N(CCC)CC(=O)N(C)C. The summed E-state index contributed by atoms with van der Waals surface area (Å²) in [6.07, 6.45) is 1.74. The van der Waals surface area contributed by atoms with E-state index in [9.17, 15) is 9.59 Å². The van der Waals surface area contributed by atoms with Crippen LogP contribution in [0, 0.1) is 0 Å². The number of rotatable bonds is 6. The number of hydrogen-bond acceptors (Lipinski definition) is 2. The van der Waals surface area contributed by atoms with E-state index in [2.05, 4.69) is 5.32 Å². The molecule has 0 aromatic rings. The van der Waals surface area contributed by atoms with Gasteiger partial charge < -0.3 is 15.1 Å². The highest BCUT2D eigenvalue weighted by Crippen LogP contribution is 1.95. The van der Waals surface area contributed by atoms with E-state index in [-0.39, 0.29) is 18.5 Å². The molecule has 0 unspecified atom stereocenters. The summed E-state index contributed by atoms with van der Waals surface area (Å²) in [4.78, 5) is 26.3. The van der Waals surface area contributed by atoms with E-state index in [1.807, 2.05) is 13.8 Å². The summed E-state index contributed by atoms with van der Waals surface area (Å²) in [5.74, 6) is -0.0555. The van der Waals surface area contributed by atoms with Crippen molar-refractivity contribution in [1.82, 2.24) is 15.1 Å².